The van der Waals surface area contributed by atoms with E-state index in [1.165, 1.54) is 4.90 Å². The monoisotopic (exact) mass is 281 g/mol. The van der Waals surface area contributed by atoms with Crippen molar-refractivity contribution in [1.29, 1.82) is 0 Å². The molecule has 0 spiro atoms. The maximum atomic E-state index is 11.7. The fraction of sp³-hybridized carbons (Fsp3) is 0.643. The predicted molar refractivity (Wildman–Crippen MR) is 75.3 cm³/mol. The molecule has 1 unspecified atom stereocenters. The SMILES string of the molecule is CC(C)N(C=O)C(C(=O)O)c1cn(C)nc1C(C)(C)C. The van der Waals surface area contributed by atoms with E-state index in [1.807, 2.05) is 20.8 Å². The normalized spacial score (nSPS) is 13.3. The Morgan fingerprint density at radius 1 is 1.45 bits per heavy atom. The molecule has 0 saturated heterocycles. The zero-order valence-corrected chi connectivity index (χ0v) is 12.9. The van der Waals surface area contributed by atoms with E-state index in [2.05, 4.69) is 5.10 Å². The highest BCUT2D eigenvalue weighted by molar-refractivity contribution is 5.78. The van der Waals surface area contributed by atoms with Gasteiger partial charge in [0.25, 0.3) is 0 Å². The lowest BCUT2D eigenvalue weighted by Gasteiger charge is -2.30. The van der Waals surface area contributed by atoms with E-state index in [4.69, 9.17) is 0 Å². The van der Waals surface area contributed by atoms with Gasteiger partial charge in [0.1, 0.15) is 0 Å². The third kappa shape index (κ3) is 3.18. The number of nitrogens with zero attached hydrogens (tertiary/aromatic N) is 3. The summed E-state index contributed by atoms with van der Waals surface area (Å²) in [6, 6.07) is -1.22. The molecule has 1 rings (SSSR count). The number of rotatable bonds is 5. The second kappa shape index (κ2) is 5.64. The fourth-order valence-electron chi connectivity index (χ4n) is 2.19. The van der Waals surface area contributed by atoms with Crippen LogP contribution in [0.4, 0.5) is 0 Å². The van der Waals surface area contributed by atoms with Crippen molar-refractivity contribution < 1.29 is 14.7 Å². The van der Waals surface area contributed by atoms with E-state index in [0.29, 0.717) is 17.7 Å². The lowest BCUT2D eigenvalue weighted by molar-refractivity contribution is -0.148. The van der Waals surface area contributed by atoms with E-state index < -0.39 is 12.0 Å². The molecule has 1 aromatic rings. The van der Waals surface area contributed by atoms with Crippen LogP contribution in [0.5, 0.6) is 0 Å². The van der Waals surface area contributed by atoms with E-state index in [1.54, 1.807) is 31.8 Å². The summed E-state index contributed by atoms with van der Waals surface area (Å²) < 4.78 is 1.59. The number of carbonyl (C=O) groups is 2. The second-order valence-electron chi connectivity index (χ2n) is 6.24. The predicted octanol–water partition coefficient (Wildman–Crippen LogP) is 1.71. The molecule has 0 aliphatic carbocycles. The van der Waals surface area contributed by atoms with Gasteiger partial charge in [-0.1, -0.05) is 20.8 Å². The van der Waals surface area contributed by atoms with E-state index in [9.17, 15) is 14.7 Å². The maximum Gasteiger partial charge on any atom is 0.331 e. The smallest absolute Gasteiger partial charge is 0.331 e. The van der Waals surface area contributed by atoms with E-state index in [0.717, 1.165) is 0 Å². The molecule has 0 bridgehead atoms. The average molecular weight is 281 g/mol. The summed E-state index contributed by atoms with van der Waals surface area (Å²) in [7, 11) is 1.75. The van der Waals surface area contributed by atoms with Gasteiger partial charge >= 0.3 is 5.97 Å². The van der Waals surface area contributed by atoms with Crippen LogP contribution in [-0.4, -0.2) is 38.2 Å². The first-order chi connectivity index (χ1) is 9.09. The van der Waals surface area contributed by atoms with Crippen LogP contribution in [0.25, 0.3) is 0 Å². The molecular formula is C14H23N3O3. The molecular weight excluding hydrogens is 258 g/mol. The Morgan fingerprint density at radius 2 is 2.00 bits per heavy atom. The number of aryl methyl sites for hydroxylation is 1. The molecule has 1 heterocycles. The minimum atomic E-state index is -1.05. The molecule has 0 saturated carbocycles. The van der Waals surface area contributed by atoms with Crippen molar-refractivity contribution in [3.8, 4) is 0 Å². The molecule has 6 nitrogen and oxygen atoms in total. The molecule has 1 N–H and O–H groups in total. The van der Waals surface area contributed by atoms with Crippen LogP contribution in [0.15, 0.2) is 6.20 Å². The highest BCUT2D eigenvalue weighted by Gasteiger charge is 2.35. The largest absolute Gasteiger partial charge is 0.479 e. The average Bonchev–Trinajstić information content (AvgIpc) is 2.66. The van der Waals surface area contributed by atoms with E-state index in [-0.39, 0.29) is 11.5 Å². The summed E-state index contributed by atoms with van der Waals surface area (Å²) in [4.78, 5) is 24.2. The molecule has 20 heavy (non-hydrogen) atoms. The Balaban J connectivity index is 3.44. The summed E-state index contributed by atoms with van der Waals surface area (Å²) in [6.07, 6.45) is 2.27. The molecule has 0 aromatic carbocycles. The van der Waals surface area contributed by atoms with Gasteiger partial charge in [-0.2, -0.15) is 5.10 Å². The van der Waals surface area contributed by atoms with E-state index >= 15 is 0 Å². The van der Waals surface area contributed by atoms with Gasteiger partial charge in [-0.15, -0.1) is 0 Å². The maximum absolute atomic E-state index is 11.7. The fourth-order valence-corrected chi connectivity index (χ4v) is 2.19. The third-order valence-electron chi connectivity index (χ3n) is 3.11. The Labute approximate surface area is 119 Å². The first-order valence-electron chi connectivity index (χ1n) is 6.59. The van der Waals surface area contributed by atoms with Gasteiger partial charge in [0.2, 0.25) is 6.41 Å². The lowest BCUT2D eigenvalue weighted by Crippen LogP contribution is -2.39. The Hall–Kier alpha value is -1.85. The van der Waals surface area contributed by atoms with Gasteiger partial charge in [-0.3, -0.25) is 9.48 Å². The first kappa shape index (κ1) is 16.2. The molecule has 0 aliphatic rings. The summed E-state index contributed by atoms with van der Waals surface area (Å²) in [5.41, 5.74) is 0.962. The van der Waals surface area contributed by atoms with Crippen molar-refractivity contribution >= 4 is 12.4 Å². The van der Waals surface area contributed by atoms with Crippen molar-refractivity contribution in [2.24, 2.45) is 7.05 Å². The number of aromatic nitrogens is 2. The molecule has 0 radical (unpaired) electrons. The number of hydrogen-bond donors (Lipinski definition) is 1. The summed E-state index contributed by atoms with van der Waals surface area (Å²) in [5, 5.41) is 13.9. The topological polar surface area (TPSA) is 75.4 Å². The molecule has 6 heteroatoms. The van der Waals surface area contributed by atoms with Crippen molar-refractivity contribution in [3.05, 3.63) is 17.5 Å². The van der Waals surface area contributed by atoms with Crippen LogP contribution in [0.2, 0.25) is 0 Å². The van der Waals surface area contributed by atoms with Crippen molar-refractivity contribution in [3.63, 3.8) is 0 Å². The standard InChI is InChI=1S/C14H23N3O3/c1-9(2)17(8-18)11(13(19)20)10-7-16(6)15-12(10)14(3,4)5/h7-9,11H,1-6H3,(H,19,20). The Morgan fingerprint density at radius 3 is 2.35 bits per heavy atom. The molecule has 1 atom stereocenters. The number of carboxylic acids is 1. The van der Waals surface area contributed by atoms with Crippen LogP contribution in [0, 0.1) is 0 Å². The second-order valence-corrected chi connectivity index (χ2v) is 6.24. The van der Waals surface area contributed by atoms with Gasteiger partial charge in [0, 0.05) is 30.3 Å². The van der Waals surface area contributed by atoms with Gasteiger partial charge in [0.15, 0.2) is 6.04 Å². The number of amides is 1. The van der Waals surface area contributed by atoms with Crippen LogP contribution >= 0.6 is 0 Å². The Kier molecular flexibility index (Phi) is 4.57. The number of hydrogen-bond acceptors (Lipinski definition) is 3. The van der Waals surface area contributed by atoms with Crippen LogP contribution in [0.3, 0.4) is 0 Å². The van der Waals surface area contributed by atoms with Gasteiger partial charge in [-0.05, 0) is 13.8 Å². The summed E-state index contributed by atoms with van der Waals surface area (Å²) in [5.74, 6) is -1.05. The van der Waals surface area contributed by atoms with Crippen LogP contribution < -0.4 is 0 Å². The van der Waals surface area contributed by atoms with Gasteiger partial charge < -0.3 is 10.0 Å². The molecule has 0 fully saturated rings. The van der Waals surface area contributed by atoms with Crippen LogP contribution in [0.1, 0.15) is 51.9 Å². The minimum Gasteiger partial charge on any atom is -0.479 e. The summed E-state index contributed by atoms with van der Waals surface area (Å²) >= 11 is 0. The molecule has 1 amide bonds. The van der Waals surface area contributed by atoms with Gasteiger partial charge in [0.05, 0.1) is 5.69 Å². The quantitative estimate of drug-likeness (QED) is 0.834. The summed E-state index contributed by atoms with van der Waals surface area (Å²) in [6.45, 7) is 9.49. The number of carbonyl (C=O) groups excluding carboxylic acids is 1. The molecule has 1 aromatic heterocycles. The van der Waals surface area contributed by atoms with Crippen molar-refractivity contribution in [2.45, 2.75) is 52.1 Å². The molecule has 112 valence electrons. The highest BCUT2D eigenvalue weighted by Crippen LogP contribution is 2.31. The van der Waals surface area contributed by atoms with Gasteiger partial charge in [-0.25, -0.2) is 4.79 Å². The third-order valence-corrected chi connectivity index (χ3v) is 3.11. The number of carboxylic acid groups (broad SMARTS) is 1. The minimum absolute atomic E-state index is 0.207. The van der Waals surface area contributed by atoms with Crippen LogP contribution in [-0.2, 0) is 22.1 Å². The lowest BCUT2D eigenvalue weighted by atomic mass is 9.87. The first-order valence-corrected chi connectivity index (χ1v) is 6.59. The zero-order chi connectivity index (χ0) is 15.7. The number of aliphatic carboxylic acids is 1. The highest BCUT2D eigenvalue weighted by atomic mass is 16.4. The molecule has 0 aliphatic heterocycles. The Bertz CT molecular complexity index is 500. The van der Waals surface area contributed by atoms with Crippen molar-refractivity contribution in [2.75, 3.05) is 0 Å². The van der Waals surface area contributed by atoms with Crippen molar-refractivity contribution in [1.82, 2.24) is 14.7 Å². The zero-order valence-electron chi connectivity index (χ0n) is 12.9.